The highest BCUT2D eigenvalue weighted by Gasteiger charge is 2.23. The van der Waals surface area contributed by atoms with Crippen LogP contribution in [0.4, 0.5) is 5.69 Å². The number of nitrogens with one attached hydrogen (secondary N) is 2. The van der Waals surface area contributed by atoms with Crippen molar-refractivity contribution in [1.29, 1.82) is 0 Å². The zero-order chi connectivity index (χ0) is 21.8. The van der Waals surface area contributed by atoms with Crippen LogP contribution in [0.3, 0.4) is 0 Å². The molecule has 31 heavy (non-hydrogen) atoms. The molecule has 160 valence electrons. The van der Waals surface area contributed by atoms with Gasteiger partial charge in [0.05, 0.1) is 36.3 Å². The van der Waals surface area contributed by atoms with Crippen molar-refractivity contribution in [3.8, 4) is 0 Å². The first-order valence-electron chi connectivity index (χ1n) is 9.97. The predicted octanol–water partition coefficient (Wildman–Crippen LogP) is 1.31. The highest BCUT2D eigenvalue weighted by Crippen LogP contribution is 2.21. The Bertz CT molecular complexity index is 1140. The lowest BCUT2D eigenvalue weighted by Gasteiger charge is -2.29. The number of anilines is 1. The number of carbonyl (C=O) groups is 2. The summed E-state index contributed by atoms with van der Waals surface area (Å²) in [6.45, 7) is 1.58. The molecular formula is C22H23N5O4. The van der Waals surface area contributed by atoms with Gasteiger partial charge in [0.1, 0.15) is 5.76 Å². The number of benzene rings is 1. The maximum Gasteiger partial charge on any atom is 0.264 e. The number of aromatic amines is 1. The van der Waals surface area contributed by atoms with E-state index in [0.717, 1.165) is 11.3 Å². The van der Waals surface area contributed by atoms with Gasteiger partial charge in [0.25, 0.3) is 11.5 Å². The molecule has 0 fully saturated rings. The van der Waals surface area contributed by atoms with Gasteiger partial charge in [-0.05, 0) is 29.8 Å². The first-order chi connectivity index (χ1) is 15.0. The van der Waals surface area contributed by atoms with E-state index in [9.17, 15) is 14.4 Å². The number of likely N-dealkylation sites (N-methyl/N-ethyl adjacent to an activating group) is 1. The number of furan rings is 1. The highest BCUT2D eigenvalue weighted by atomic mass is 16.3. The SMILES string of the molecule is CN(C(=O)CN1CCc2n[nH]c(=O)cc2C1)c1ccccc1C(=O)NCc1ccco1. The van der Waals surface area contributed by atoms with Crippen LogP contribution in [0.1, 0.15) is 27.4 Å². The number of H-pyrrole nitrogens is 1. The van der Waals surface area contributed by atoms with E-state index in [1.165, 1.54) is 11.0 Å². The molecule has 0 spiro atoms. The number of hydrogen-bond acceptors (Lipinski definition) is 6. The Labute approximate surface area is 178 Å². The lowest BCUT2D eigenvalue weighted by atomic mass is 10.1. The molecule has 2 amide bonds. The molecule has 9 heteroatoms. The molecule has 0 aliphatic carbocycles. The van der Waals surface area contributed by atoms with E-state index < -0.39 is 0 Å². The van der Waals surface area contributed by atoms with Gasteiger partial charge in [0.15, 0.2) is 0 Å². The average molecular weight is 421 g/mol. The zero-order valence-electron chi connectivity index (χ0n) is 17.1. The summed E-state index contributed by atoms with van der Waals surface area (Å²) in [5.41, 5.74) is 2.38. The normalized spacial score (nSPS) is 13.5. The van der Waals surface area contributed by atoms with E-state index in [1.54, 1.807) is 49.7 Å². The fraction of sp³-hybridized carbons (Fsp3) is 0.273. The van der Waals surface area contributed by atoms with Gasteiger partial charge >= 0.3 is 0 Å². The van der Waals surface area contributed by atoms with Gasteiger partial charge in [-0.3, -0.25) is 19.3 Å². The van der Waals surface area contributed by atoms with E-state index in [0.29, 0.717) is 36.5 Å². The lowest BCUT2D eigenvalue weighted by molar-refractivity contribution is -0.119. The van der Waals surface area contributed by atoms with E-state index in [1.807, 2.05) is 4.90 Å². The van der Waals surface area contributed by atoms with Crippen molar-refractivity contribution in [1.82, 2.24) is 20.4 Å². The largest absolute Gasteiger partial charge is 0.467 e. The molecule has 0 saturated carbocycles. The monoisotopic (exact) mass is 421 g/mol. The van der Waals surface area contributed by atoms with Crippen molar-refractivity contribution in [2.75, 3.05) is 25.0 Å². The number of aromatic nitrogens is 2. The summed E-state index contributed by atoms with van der Waals surface area (Å²) in [5, 5.41) is 9.33. The first-order valence-corrected chi connectivity index (χ1v) is 9.97. The Morgan fingerprint density at radius 2 is 2.10 bits per heavy atom. The van der Waals surface area contributed by atoms with Gasteiger partial charge in [-0.2, -0.15) is 5.10 Å². The number of amides is 2. The second-order valence-corrected chi connectivity index (χ2v) is 7.40. The minimum Gasteiger partial charge on any atom is -0.467 e. The van der Waals surface area contributed by atoms with Crippen LogP contribution < -0.4 is 15.8 Å². The van der Waals surface area contributed by atoms with Crippen molar-refractivity contribution < 1.29 is 14.0 Å². The Morgan fingerprint density at radius 3 is 2.90 bits per heavy atom. The molecule has 0 bridgehead atoms. The summed E-state index contributed by atoms with van der Waals surface area (Å²) < 4.78 is 5.24. The smallest absolute Gasteiger partial charge is 0.264 e. The Balaban J connectivity index is 1.43. The summed E-state index contributed by atoms with van der Waals surface area (Å²) in [5.74, 6) is 0.213. The van der Waals surface area contributed by atoms with Crippen molar-refractivity contribution in [2.45, 2.75) is 19.5 Å². The molecule has 0 saturated heterocycles. The fourth-order valence-electron chi connectivity index (χ4n) is 3.61. The van der Waals surface area contributed by atoms with Crippen LogP contribution in [-0.2, 0) is 24.3 Å². The maximum atomic E-state index is 13.0. The summed E-state index contributed by atoms with van der Waals surface area (Å²) >= 11 is 0. The lowest BCUT2D eigenvalue weighted by Crippen LogP contribution is -2.42. The molecule has 1 aliphatic heterocycles. The Hall–Kier alpha value is -3.72. The Morgan fingerprint density at radius 1 is 1.26 bits per heavy atom. The van der Waals surface area contributed by atoms with Crippen molar-refractivity contribution in [3.63, 3.8) is 0 Å². The third-order valence-corrected chi connectivity index (χ3v) is 5.28. The molecule has 3 heterocycles. The van der Waals surface area contributed by atoms with E-state index in [-0.39, 0.29) is 30.5 Å². The van der Waals surface area contributed by atoms with Gasteiger partial charge in [-0.15, -0.1) is 0 Å². The van der Waals surface area contributed by atoms with Gasteiger partial charge < -0.3 is 14.6 Å². The van der Waals surface area contributed by atoms with Gasteiger partial charge in [0.2, 0.25) is 5.91 Å². The highest BCUT2D eigenvalue weighted by molar-refractivity contribution is 6.04. The van der Waals surface area contributed by atoms with Gasteiger partial charge in [-0.25, -0.2) is 5.10 Å². The molecule has 9 nitrogen and oxygen atoms in total. The van der Waals surface area contributed by atoms with Crippen molar-refractivity contribution >= 4 is 17.5 Å². The molecule has 2 aromatic heterocycles. The number of carbonyl (C=O) groups excluding carboxylic acids is 2. The number of para-hydroxylation sites is 1. The first kappa shape index (κ1) is 20.5. The van der Waals surface area contributed by atoms with Crippen LogP contribution in [0.5, 0.6) is 0 Å². The van der Waals surface area contributed by atoms with E-state index in [2.05, 4.69) is 15.5 Å². The van der Waals surface area contributed by atoms with Gasteiger partial charge in [0, 0.05) is 32.6 Å². The second kappa shape index (κ2) is 8.97. The number of nitrogens with zero attached hydrogens (tertiary/aromatic N) is 3. The average Bonchev–Trinajstić information content (AvgIpc) is 3.30. The van der Waals surface area contributed by atoms with Crippen LogP contribution in [-0.4, -0.2) is 47.0 Å². The standard InChI is InChI=1S/C22H23N5O4/c1-26(21(29)14-27-9-8-18-15(13-27)11-20(28)25-24-18)19-7-3-2-6-17(19)22(30)23-12-16-5-4-10-31-16/h2-7,10-11H,8-9,12-14H2,1H3,(H,23,30)(H,25,28). The maximum absolute atomic E-state index is 13.0. The molecule has 4 rings (SSSR count). The van der Waals surface area contributed by atoms with Crippen LogP contribution >= 0.6 is 0 Å². The summed E-state index contributed by atoms with van der Waals surface area (Å²) in [6.07, 6.45) is 2.21. The predicted molar refractivity (Wildman–Crippen MR) is 114 cm³/mol. The Kier molecular flexibility index (Phi) is 5.94. The molecule has 1 aromatic carbocycles. The van der Waals surface area contributed by atoms with Crippen LogP contribution in [0.15, 0.2) is 57.9 Å². The van der Waals surface area contributed by atoms with Crippen molar-refractivity contribution in [3.05, 3.63) is 81.7 Å². The number of fused-ring (bicyclic) bond motifs is 1. The third-order valence-electron chi connectivity index (χ3n) is 5.28. The molecule has 1 aliphatic rings. The molecule has 0 atom stereocenters. The van der Waals surface area contributed by atoms with Gasteiger partial charge in [-0.1, -0.05) is 12.1 Å². The van der Waals surface area contributed by atoms with Crippen LogP contribution in [0.2, 0.25) is 0 Å². The molecule has 0 radical (unpaired) electrons. The molecule has 3 aromatic rings. The second-order valence-electron chi connectivity index (χ2n) is 7.40. The topological polar surface area (TPSA) is 112 Å². The summed E-state index contributed by atoms with van der Waals surface area (Å²) in [6, 6.07) is 12.0. The third kappa shape index (κ3) is 4.72. The quantitative estimate of drug-likeness (QED) is 0.621. The van der Waals surface area contributed by atoms with Crippen molar-refractivity contribution in [2.24, 2.45) is 0 Å². The van der Waals surface area contributed by atoms with Crippen LogP contribution in [0, 0.1) is 0 Å². The number of rotatable bonds is 6. The minimum absolute atomic E-state index is 0.146. The van der Waals surface area contributed by atoms with E-state index in [4.69, 9.17) is 4.42 Å². The summed E-state index contributed by atoms with van der Waals surface area (Å²) in [7, 11) is 1.66. The van der Waals surface area contributed by atoms with Crippen LogP contribution in [0.25, 0.3) is 0 Å². The molecule has 2 N–H and O–H groups in total. The summed E-state index contributed by atoms with van der Waals surface area (Å²) in [4.78, 5) is 40.7. The molecular weight excluding hydrogens is 398 g/mol. The molecule has 0 unspecified atom stereocenters. The number of hydrogen-bond donors (Lipinski definition) is 2. The fourth-order valence-corrected chi connectivity index (χ4v) is 3.61. The minimum atomic E-state index is -0.288. The van der Waals surface area contributed by atoms with E-state index >= 15 is 0 Å². The zero-order valence-corrected chi connectivity index (χ0v) is 17.1.